The van der Waals surface area contributed by atoms with Crippen molar-refractivity contribution < 1.29 is 0 Å². The Balaban J connectivity index is 2.07. The number of hydrogen-bond donors (Lipinski definition) is 2. The fourth-order valence-electron chi connectivity index (χ4n) is 1.19. The van der Waals surface area contributed by atoms with Crippen molar-refractivity contribution in [2.24, 2.45) is 7.05 Å². The van der Waals surface area contributed by atoms with Gasteiger partial charge in [-0.2, -0.15) is 20.1 Å². The summed E-state index contributed by atoms with van der Waals surface area (Å²) in [5, 5.41) is 7.09. The number of nitrogen functional groups attached to an aromatic ring is 1. The highest BCUT2D eigenvalue weighted by atomic mass is 35.5. The van der Waals surface area contributed by atoms with Gasteiger partial charge in [-0.05, 0) is 17.7 Å². The predicted molar refractivity (Wildman–Crippen MR) is 59.8 cm³/mol. The molecule has 2 aromatic heterocycles. The van der Waals surface area contributed by atoms with E-state index in [1.54, 1.807) is 10.9 Å². The highest BCUT2D eigenvalue weighted by molar-refractivity contribution is 6.28. The minimum atomic E-state index is 0.0695. The van der Waals surface area contributed by atoms with Crippen molar-refractivity contribution in [2.75, 3.05) is 11.1 Å². The number of nitrogens with zero attached hydrogens (tertiary/aromatic N) is 5. The fourth-order valence-corrected chi connectivity index (χ4v) is 1.36. The first-order valence-electron chi connectivity index (χ1n) is 4.53. The van der Waals surface area contributed by atoms with Crippen LogP contribution in [0.2, 0.25) is 5.28 Å². The first-order chi connectivity index (χ1) is 7.65. The van der Waals surface area contributed by atoms with Crippen LogP contribution >= 0.6 is 11.6 Å². The van der Waals surface area contributed by atoms with E-state index >= 15 is 0 Å². The fraction of sp³-hybridized carbons (Fsp3) is 0.250. The standard InChI is InChI=1S/C8H10ClN7/c1-16-5(2-3-12-16)4-11-8-14-6(9)13-7(10)15-8/h2-3H,4H2,1H3,(H3,10,11,13,14,15). The highest BCUT2D eigenvalue weighted by Crippen LogP contribution is 2.08. The summed E-state index contributed by atoms with van der Waals surface area (Å²) < 4.78 is 1.75. The van der Waals surface area contributed by atoms with Crippen molar-refractivity contribution in [3.05, 3.63) is 23.2 Å². The lowest BCUT2D eigenvalue weighted by molar-refractivity contribution is 0.719. The molecule has 0 bridgehead atoms. The summed E-state index contributed by atoms with van der Waals surface area (Å²) in [4.78, 5) is 11.4. The molecule has 0 unspecified atom stereocenters. The van der Waals surface area contributed by atoms with E-state index in [4.69, 9.17) is 17.3 Å². The third-order valence-electron chi connectivity index (χ3n) is 1.98. The normalized spacial score (nSPS) is 10.4. The van der Waals surface area contributed by atoms with Crippen LogP contribution in [-0.4, -0.2) is 24.7 Å². The van der Waals surface area contributed by atoms with E-state index < -0.39 is 0 Å². The average Bonchev–Trinajstić information content (AvgIpc) is 2.59. The van der Waals surface area contributed by atoms with Crippen LogP contribution in [0.5, 0.6) is 0 Å². The zero-order valence-electron chi connectivity index (χ0n) is 8.55. The van der Waals surface area contributed by atoms with Gasteiger partial charge in [0.15, 0.2) is 0 Å². The molecule has 7 nitrogen and oxygen atoms in total. The Bertz CT molecular complexity index is 475. The highest BCUT2D eigenvalue weighted by Gasteiger charge is 2.03. The van der Waals surface area contributed by atoms with E-state index in [0.29, 0.717) is 12.5 Å². The number of nitrogens with two attached hydrogens (primary N) is 1. The van der Waals surface area contributed by atoms with Crippen LogP contribution in [0.25, 0.3) is 0 Å². The van der Waals surface area contributed by atoms with Gasteiger partial charge >= 0.3 is 0 Å². The first-order valence-corrected chi connectivity index (χ1v) is 4.91. The van der Waals surface area contributed by atoms with Gasteiger partial charge in [-0.25, -0.2) is 0 Å². The summed E-state index contributed by atoms with van der Waals surface area (Å²) >= 11 is 5.64. The van der Waals surface area contributed by atoms with Gasteiger partial charge in [0.1, 0.15) is 0 Å². The lowest BCUT2D eigenvalue weighted by atomic mass is 10.4. The monoisotopic (exact) mass is 239 g/mol. The van der Waals surface area contributed by atoms with E-state index in [2.05, 4.69) is 25.4 Å². The minimum Gasteiger partial charge on any atom is -0.368 e. The Morgan fingerprint density at radius 1 is 1.44 bits per heavy atom. The first kappa shape index (κ1) is 10.6. The third kappa shape index (κ3) is 2.37. The zero-order valence-corrected chi connectivity index (χ0v) is 9.31. The van der Waals surface area contributed by atoms with Gasteiger partial charge in [-0.3, -0.25) is 4.68 Å². The summed E-state index contributed by atoms with van der Waals surface area (Å²) in [6.45, 7) is 0.538. The van der Waals surface area contributed by atoms with Gasteiger partial charge in [0.05, 0.1) is 12.2 Å². The van der Waals surface area contributed by atoms with Crippen molar-refractivity contribution in [3.8, 4) is 0 Å². The maximum Gasteiger partial charge on any atom is 0.229 e. The summed E-state index contributed by atoms with van der Waals surface area (Å²) in [6.07, 6.45) is 1.71. The quantitative estimate of drug-likeness (QED) is 0.808. The second-order valence-electron chi connectivity index (χ2n) is 3.09. The van der Waals surface area contributed by atoms with Gasteiger partial charge in [-0.1, -0.05) is 0 Å². The number of hydrogen-bond acceptors (Lipinski definition) is 6. The van der Waals surface area contributed by atoms with Gasteiger partial charge in [0, 0.05) is 13.2 Å². The summed E-state index contributed by atoms with van der Waals surface area (Å²) in [7, 11) is 1.85. The number of nitrogens with one attached hydrogen (secondary N) is 1. The van der Waals surface area contributed by atoms with E-state index in [-0.39, 0.29) is 11.2 Å². The van der Waals surface area contributed by atoms with Crippen LogP contribution in [0.3, 0.4) is 0 Å². The van der Waals surface area contributed by atoms with E-state index in [0.717, 1.165) is 5.69 Å². The van der Waals surface area contributed by atoms with Crippen molar-refractivity contribution in [1.29, 1.82) is 0 Å². The van der Waals surface area contributed by atoms with Crippen LogP contribution in [0.4, 0.5) is 11.9 Å². The Labute approximate surface area is 96.7 Å². The van der Waals surface area contributed by atoms with E-state index in [1.165, 1.54) is 0 Å². The summed E-state index contributed by atoms with van der Waals surface area (Å²) in [6, 6.07) is 1.89. The molecule has 2 rings (SSSR count). The molecular formula is C8H10ClN7. The topological polar surface area (TPSA) is 94.5 Å². The maximum atomic E-state index is 5.64. The maximum absolute atomic E-state index is 5.64. The summed E-state index contributed by atoms with van der Waals surface area (Å²) in [5.74, 6) is 0.436. The molecule has 0 aromatic carbocycles. The molecule has 0 saturated carbocycles. The van der Waals surface area contributed by atoms with Crippen LogP contribution < -0.4 is 11.1 Å². The molecule has 2 heterocycles. The molecule has 0 aliphatic rings. The van der Waals surface area contributed by atoms with Crippen LogP contribution in [0.15, 0.2) is 12.3 Å². The van der Waals surface area contributed by atoms with Crippen LogP contribution in [-0.2, 0) is 13.6 Å². The largest absolute Gasteiger partial charge is 0.368 e. The molecule has 0 aliphatic heterocycles. The van der Waals surface area contributed by atoms with E-state index in [1.807, 2.05) is 13.1 Å². The molecule has 0 radical (unpaired) electrons. The van der Waals surface area contributed by atoms with Crippen molar-refractivity contribution in [1.82, 2.24) is 24.7 Å². The summed E-state index contributed by atoms with van der Waals surface area (Å²) in [5.41, 5.74) is 6.43. The number of halogens is 1. The molecule has 0 amide bonds. The second-order valence-corrected chi connectivity index (χ2v) is 3.42. The number of aryl methyl sites for hydroxylation is 1. The molecule has 2 aromatic rings. The Kier molecular flexibility index (Phi) is 2.86. The molecule has 84 valence electrons. The molecule has 3 N–H and O–H groups in total. The zero-order chi connectivity index (χ0) is 11.5. The van der Waals surface area contributed by atoms with Gasteiger partial charge < -0.3 is 11.1 Å². The molecule has 0 saturated heterocycles. The molecular weight excluding hydrogens is 230 g/mol. The van der Waals surface area contributed by atoms with Crippen LogP contribution in [0, 0.1) is 0 Å². The predicted octanol–water partition coefficient (Wildman–Crippen LogP) is 0.453. The van der Waals surface area contributed by atoms with Crippen molar-refractivity contribution in [3.63, 3.8) is 0 Å². The van der Waals surface area contributed by atoms with Crippen LogP contribution in [0.1, 0.15) is 5.69 Å². The Morgan fingerprint density at radius 3 is 2.88 bits per heavy atom. The Hall–Kier alpha value is -1.89. The number of rotatable bonds is 3. The van der Waals surface area contributed by atoms with Crippen molar-refractivity contribution >= 4 is 23.5 Å². The molecule has 16 heavy (non-hydrogen) atoms. The molecule has 0 atom stereocenters. The van der Waals surface area contributed by atoms with Gasteiger partial charge in [-0.15, -0.1) is 0 Å². The lowest BCUT2D eigenvalue weighted by Gasteiger charge is -2.05. The molecule has 0 spiro atoms. The SMILES string of the molecule is Cn1nccc1CNc1nc(N)nc(Cl)n1. The minimum absolute atomic E-state index is 0.0695. The average molecular weight is 240 g/mol. The second kappa shape index (κ2) is 4.31. The lowest BCUT2D eigenvalue weighted by Crippen LogP contribution is -2.09. The van der Waals surface area contributed by atoms with Gasteiger partial charge in [0.25, 0.3) is 0 Å². The molecule has 0 fully saturated rings. The molecule has 0 aliphatic carbocycles. The van der Waals surface area contributed by atoms with E-state index in [9.17, 15) is 0 Å². The van der Waals surface area contributed by atoms with Gasteiger partial charge in [0.2, 0.25) is 17.2 Å². The number of anilines is 2. The number of aromatic nitrogens is 5. The smallest absolute Gasteiger partial charge is 0.229 e. The van der Waals surface area contributed by atoms with Crippen molar-refractivity contribution in [2.45, 2.75) is 6.54 Å². The third-order valence-corrected chi connectivity index (χ3v) is 2.14. The molecule has 8 heteroatoms. The Morgan fingerprint density at radius 2 is 2.25 bits per heavy atom.